The molecule has 2 aliphatic rings. The lowest BCUT2D eigenvalue weighted by molar-refractivity contribution is -0.138. The minimum Gasteiger partial charge on any atom is -0.508 e. The minimum absolute atomic E-state index is 0.0167. The molecule has 0 bridgehead atoms. The third-order valence-corrected chi connectivity index (χ3v) is 5.56. The van der Waals surface area contributed by atoms with Gasteiger partial charge in [-0.15, -0.1) is 0 Å². The van der Waals surface area contributed by atoms with Crippen molar-refractivity contribution in [3.8, 4) is 17.1 Å². The van der Waals surface area contributed by atoms with E-state index in [9.17, 15) is 14.7 Å². The summed E-state index contributed by atoms with van der Waals surface area (Å²) in [6.07, 6.45) is 1.58. The Hall–Kier alpha value is -3.73. The summed E-state index contributed by atoms with van der Waals surface area (Å²) in [7, 11) is 0. The number of hydrogen-bond acceptors (Lipinski definition) is 8. The largest absolute Gasteiger partial charge is 0.508 e. The molecule has 0 spiro atoms. The molecule has 1 aromatic carbocycles. The molecule has 0 unspecified atom stereocenters. The van der Waals surface area contributed by atoms with E-state index in [2.05, 4.69) is 20.2 Å². The van der Waals surface area contributed by atoms with Gasteiger partial charge in [-0.25, -0.2) is 15.0 Å². The molecule has 3 aromatic rings. The Kier molecular flexibility index (Phi) is 5.31. The van der Waals surface area contributed by atoms with Crippen molar-refractivity contribution in [2.45, 2.75) is 6.54 Å². The van der Waals surface area contributed by atoms with Crippen LogP contribution in [0, 0.1) is 0 Å². The molecule has 2 aromatic heterocycles. The van der Waals surface area contributed by atoms with Gasteiger partial charge in [0.25, 0.3) is 0 Å². The number of morpholine rings is 1. The van der Waals surface area contributed by atoms with E-state index in [1.807, 2.05) is 6.07 Å². The van der Waals surface area contributed by atoms with Crippen molar-refractivity contribution >= 4 is 28.8 Å². The molecular formula is C21H23N7O4. The number of rotatable bonds is 4. The van der Waals surface area contributed by atoms with Gasteiger partial charge in [0.05, 0.1) is 26.1 Å². The maximum Gasteiger partial charge on any atom is 0.243 e. The number of anilines is 1. The first kappa shape index (κ1) is 20.2. The molecule has 2 fully saturated rings. The highest BCUT2D eigenvalue weighted by molar-refractivity contribution is 5.89. The van der Waals surface area contributed by atoms with Crippen molar-refractivity contribution in [2.75, 3.05) is 50.8 Å². The van der Waals surface area contributed by atoms with Gasteiger partial charge in [-0.2, -0.15) is 0 Å². The molecule has 0 atom stereocenters. The second-order valence-corrected chi connectivity index (χ2v) is 7.73. The number of phenolic OH excluding ortho intramolecular Hbond substituents is 1. The monoisotopic (exact) mass is 437 g/mol. The molecule has 11 nitrogen and oxygen atoms in total. The van der Waals surface area contributed by atoms with Crippen LogP contribution in [-0.2, 0) is 20.9 Å². The van der Waals surface area contributed by atoms with Gasteiger partial charge in [-0.05, 0) is 12.1 Å². The Morgan fingerprint density at radius 2 is 2.03 bits per heavy atom. The Bertz CT molecular complexity index is 1170. The lowest BCUT2D eigenvalue weighted by atomic mass is 10.2. The summed E-state index contributed by atoms with van der Waals surface area (Å²) in [4.78, 5) is 42.1. The first-order valence-corrected chi connectivity index (χ1v) is 10.5. The summed E-state index contributed by atoms with van der Waals surface area (Å²) in [5, 5.41) is 12.6. The van der Waals surface area contributed by atoms with E-state index < -0.39 is 0 Å². The Labute approximate surface area is 183 Å². The second-order valence-electron chi connectivity index (χ2n) is 7.73. The summed E-state index contributed by atoms with van der Waals surface area (Å²) >= 11 is 0. The van der Waals surface area contributed by atoms with Crippen molar-refractivity contribution in [1.29, 1.82) is 0 Å². The smallest absolute Gasteiger partial charge is 0.243 e. The molecule has 5 rings (SSSR count). The summed E-state index contributed by atoms with van der Waals surface area (Å²) in [5.41, 5.74) is 1.78. The van der Waals surface area contributed by atoms with Crippen molar-refractivity contribution < 1.29 is 19.4 Å². The van der Waals surface area contributed by atoms with Crippen LogP contribution in [-0.4, -0.2) is 87.3 Å². The lowest BCUT2D eigenvalue weighted by Crippen LogP contribution is -2.50. The number of aromatic nitrogens is 4. The highest BCUT2D eigenvalue weighted by Gasteiger charge is 2.24. The Morgan fingerprint density at radius 3 is 2.81 bits per heavy atom. The number of fused-ring (bicyclic) bond motifs is 1. The maximum absolute atomic E-state index is 12.8. The van der Waals surface area contributed by atoms with Crippen LogP contribution in [0.1, 0.15) is 0 Å². The first-order chi connectivity index (χ1) is 15.6. The van der Waals surface area contributed by atoms with Gasteiger partial charge in [0.2, 0.25) is 11.8 Å². The lowest BCUT2D eigenvalue weighted by Gasteiger charge is -2.28. The maximum atomic E-state index is 12.8. The zero-order valence-electron chi connectivity index (χ0n) is 17.4. The zero-order valence-corrected chi connectivity index (χ0v) is 17.4. The molecule has 0 aliphatic carbocycles. The Morgan fingerprint density at radius 1 is 1.19 bits per heavy atom. The minimum atomic E-state index is -0.176. The molecular weight excluding hydrogens is 414 g/mol. The summed E-state index contributed by atoms with van der Waals surface area (Å²) in [6.45, 7) is 3.49. The number of hydrogen-bond donors (Lipinski definition) is 2. The number of nitrogens with one attached hydrogen (secondary N) is 1. The number of piperazine rings is 1. The normalized spacial score (nSPS) is 16.9. The number of aromatic hydroxyl groups is 1. The van der Waals surface area contributed by atoms with E-state index in [0.29, 0.717) is 67.8 Å². The van der Waals surface area contributed by atoms with Gasteiger partial charge in [-0.3, -0.25) is 9.59 Å². The van der Waals surface area contributed by atoms with Crippen molar-refractivity contribution in [1.82, 2.24) is 29.7 Å². The number of imidazole rings is 1. The average Bonchev–Trinajstić information content (AvgIpc) is 3.21. The summed E-state index contributed by atoms with van der Waals surface area (Å²) < 4.78 is 7.15. The van der Waals surface area contributed by atoms with Crippen molar-refractivity contribution in [3.05, 3.63) is 30.6 Å². The molecule has 2 saturated heterocycles. The SMILES string of the molecule is O=C1CN(C(=O)Cn2cnc3c(N4CCOCC4)nc(-c4cccc(O)c4)nc32)CCN1. The standard InChI is InChI=1S/C21H23N7O4/c29-15-3-1-2-14(10-15)19-24-20(26-6-8-32-9-7-26)18-21(25-19)28(13-23-18)12-17(31)27-5-4-22-16(30)11-27/h1-3,10,13,29H,4-9,11-12H2,(H,22,30). The van der Waals surface area contributed by atoms with Crippen LogP contribution < -0.4 is 10.2 Å². The van der Waals surface area contributed by atoms with E-state index in [1.165, 1.54) is 4.90 Å². The summed E-state index contributed by atoms with van der Waals surface area (Å²) in [6, 6.07) is 6.74. The number of phenols is 1. The molecule has 11 heteroatoms. The molecule has 2 aliphatic heterocycles. The highest BCUT2D eigenvalue weighted by Crippen LogP contribution is 2.28. The molecule has 2 N–H and O–H groups in total. The van der Waals surface area contributed by atoms with Gasteiger partial charge in [0, 0.05) is 31.7 Å². The molecule has 0 saturated carbocycles. The number of benzene rings is 1. The van der Waals surface area contributed by atoms with Crippen LogP contribution in [0.5, 0.6) is 5.75 Å². The molecule has 2 amide bonds. The van der Waals surface area contributed by atoms with Crippen LogP contribution in [0.4, 0.5) is 5.82 Å². The quantitative estimate of drug-likeness (QED) is 0.584. The number of carbonyl (C=O) groups is 2. The molecule has 166 valence electrons. The van der Waals surface area contributed by atoms with Crippen LogP contribution >= 0.6 is 0 Å². The Balaban J connectivity index is 1.55. The molecule has 0 radical (unpaired) electrons. The summed E-state index contributed by atoms with van der Waals surface area (Å²) in [5.74, 6) is 0.876. The number of amides is 2. The van der Waals surface area contributed by atoms with Gasteiger partial charge < -0.3 is 29.5 Å². The van der Waals surface area contributed by atoms with E-state index >= 15 is 0 Å². The van der Waals surface area contributed by atoms with Crippen molar-refractivity contribution in [3.63, 3.8) is 0 Å². The van der Waals surface area contributed by atoms with Crippen LogP contribution in [0.25, 0.3) is 22.6 Å². The van der Waals surface area contributed by atoms with Gasteiger partial charge in [0.1, 0.15) is 12.3 Å². The van der Waals surface area contributed by atoms with E-state index in [4.69, 9.17) is 9.72 Å². The third-order valence-electron chi connectivity index (χ3n) is 5.56. The van der Waals surface area contributed by atoms with Gasteiger partial charge in [0.15, 0.2) is 22.8 Å². The first-order valence-electron chi connectivity index (χ1n) is 10.5. The fourth-order valence-electron chi connectivity index (χ4n) is 3.91. The molecule has 32 heavy (non-hydrogen) atoms. The van der Waals surface area contributed by atoms with E-state index in [-0.39, 0.29) is 30.7 Å². The number of carbonyl (C=O) groups excluding carboxylic acids is 2. The molecule has 4 heterocycles. The highest BCUT2D eigenvalue weighted by atomic mass is 16.5. The zero-order chi connectivity index (χ0) is 22.1. The van der Waals surface area contributed by atoms with Gasteiger partial charge in [-0.1, -0.05) is 12.1 Å². The van der Waals surface area contributed by atoms with E-state index in [1.54, 1.807) is 29.1 Å². The topological polar surface area (TPSA) is 126 Å². The fraction of sp³-hybridized carbons (Fsp3) is 0.381. The second kappa shape index (κ2) is 8.42. The average molecular weight is 437 g/mol. The van der Waals surface area contributed by atoms with Crippen LogP contribution in [0.15, 0.2) is 30.6 Å². The number of nitrogens with zero attached hydrogens (tertiary/aromatic N) is 6. The van der Waals surface area contributed by atoms with E-state index in [0.717, 1.165) is 0 Å². The van der Waals surface area contributed by atoms with Gasteiger partial charge >= 0.3 is 0 Å². The number of ether oxygens (including phenoxy) is 1. The predicted octanol–water partition coefficient (Wildman–Crippen LogP) is -0.00610. The van der Waals surface area contributed by atoms with Crippen LogP contribution in [0.2, 0.25) is 0 Å². The third kappa shape index (κ3) is 3.94. The predicted molar refractivity (Wildman–Crippen MR) is 115 cm³/mol. The van der Waals surface area contributed by atoms with Crippen LogP contribution in [0.3, 0.4) is 0 Å². The fourth-order valence-corrected chi connectivity index (χ4v) is 3.91. The van der Waals surface area contributed by atoms with Crippen molar-refractivity contribution in [2.24, 2.45) is 0 Å².